The summed E-state index contributed by atoms with van der Waals surface area (Å²) >= 11 is 0. The maximum atomic E-state index is 5.89. The van der Waals surface area contributed by atoms with E-state index in [1.54, 1.807) is 0 Å². The van der Waals surface area contributed by atoms with Crippen molar-refractivity contribution in [1.82, 2.24) is 9.80 Å². The fourth-order valence-corrected chi connectivity index (χ4v) is 2.79. The van der Waals surface area contributed by atoms with Gasteiger partial charge in [-0.2, -0.15) is 0 Å². The Morgan fingerprint density at radius 1 is 1.00 bits per heavy atom. The number of ether oxygens (including phenoxy) is 2. The summed E-state index contributed by atoms with van der Waals surface area (Å²) in [5, 5.41) is 0. The Kier molecular flexibility index (Phi) is 5.89. The van der Waals surface area contributed by atoms with Crippen LogP contribution in [0.25, 0.3) is 0 Å². The Balaban J connectivity index is 1.45. The number of likely N-dealkylation sites (N-methyl/N-ethyl adjacent to an activating group) is 1. The maximum Gasteiger partial charge on any atom is 0.0829 e. The lowest BCUT2D eigenvalue weighted by Gasteiger charge is -2.36. The highest BCUT2D eigenvalue weighted by Gasteiger charge is 2.23. The number of likely N-dealkylation sites (tertiary alicyclic amines) is 2. The molecule has 18 heavy (non-hydrogen) atoms. The second-order valence-electron chi connectivity index (χ2n) is 5.63. The summed E-state index contributed by atoms with van der Waals surface area (Å²) in [6, 6.07) is 0. The van der Waals surface area contributed by atoms with Crippen LogP contribution in [-0.4, -0.2) is 75.0 Å². The molecule has 0 spiro atoms. The van der Waals surface area contributed by atoms with Crippen molar-refractivity contribution < 1.29 is 9.47 Å². The molecule has 0 radical (unpaired) electrons. The van der Waals surface area contributed by atoms with Crippen LogP contribution in [0.4, 0.5) is 0 Å². The predicted molar refractivity (Wildman–Crippen MR) is 72.9 cm³/mol. The van der Waals surface area contributed by atoms with Gasteiger partial charge >= 0.3 is 0 Å². The molecule has 0 aromatic heterocycles. The molecule has 0 atom stereocenters. The third-order valence-corrected chi connectivity index (χ3v) is 3.90. The Hall–Kier alpha value is -0.160. The number of piperidine rings is 1. The molecule has 0 amide bonds. The van der Waals surface area contributed by atoms with Gasteiger partial charge in [0.05, 0.1) is 25.4 Å². The normalized spacial score (nSPS) is 24.3. The smallest absolute Gasteiger partial charge is 0.0829 e. The standard InChI is InChI=1S/C14H28N2O2/c1-3-6-16-7-4-13(5-8-16)17-9-10-18-14-11-15(2)12-14/h13-14H,3-12H2,1-2H3. The monoisotopic (exact) mass is 256 g/mol. The molecule has 106 valence electrons. The molecule has 2 rings (SSSR count). The summed E-state index contributed by atoms with van der Waals surface area (Å²) in [7, 11) is 2.13. The molecule has 0 unspecified atom stereocenters. The highest BCUT2D eigenvalue weighted by Crippen LogP contribution is 2.14. The van der Waals surface area contributed by atoms with Gasteiger partial charge in [0, 0.05) is 26.2 Å². The fraction of sp³-hybridized carbons (Fsp3) is 1.00. The fourth-order valence-electron chi connectivity index (χ4n) is 2.79. The van der Waals surface area contributed by atoms with Gasteiger partial charge < -0.3 is 19.3 Å². The average molecular weight is 256 g/mol. The minimum Gasteiger partial charge on any atom is -0.376 e. The van der Waals surface area contributed by atoms with Crippen molar-refractivity contribution in [3.05, 3.63) is 0 Å². The first-order valence-electron chi connectivity index (χ1n) is 7.42. The Morgan fingerprint density at radius 2 is 1.61 bits per heavy atom. The maximum absolute atomic E-state index is 5.89. The molecule has 2 aliphatic rings. The van der Waals surface area contributed by atoms with Gasteiger partial charge in [0.15, 0.2) is 0 Å². The van der Waals surface area contributed by atoms with Crippen LogP contribution in [0.15, 0.2) is 0 Å². The molecule has 4 nitrogen and oxygen atoms in total. The highest BCUT2D eigenvalue weighted by atomic mass is 16.5. The molecule has 2 fully saturated rings. The van der Waals surface area contributed by atoms with E-state index >= 15 is 0 Å². The molecule has 0 N–H and O–H groups in total. The Labute approximate surface area is 111 Å². The molecular formula is C14H28N2O2. The summed E-state index contributed by atoms with van der Waals surface area (Å²) in [6.45, 7) is 9.57. The lowest BCUT2D eigenvalue weighted by molar-refractivity contribution is -0.0782. The van der Waals surface area contributed by atoms with E-state index in [0.717, 1.165) is 26.3 Å². The first-order chi connectivity index (χ1) is 8.78. The summed E-state index contributed by atoms with van der Waals surface area (Å²) in [4.78, 5) is 4.82. The third-order valence-electron chi connectivity index (χ3n) is 3.90. The van der Waals surface area contributed by atoms with E-state index in [0.29, 0.717) is 12.2 Å². The minimum atomic E-state index is 0.449. The van der Waals surface area contributed by atoms with Gasteiger partial charge in [0.25, 0.3) is 0 Å². The van der Waals surface area contributed by atoms with Crippen molar-refractivity contribution in [2.75, 3.05) is 53.0 Å². The molecule has 0 aromatic rings. The van der Waals surface area contributed by atoms with E-state index in [4.69, 9.17) is 9.47 Å². The molecule has 2 heterocycles. The SMILES string of the molecule is CCCN1CCC(OCCOC2CN(C)C2)CC1. The zero-order valence-electron chi connectivity index (χ0n) is 11.9. The topological polar surface area (TPSA) is 24.9 Å². The molecule has 0 aromatic carbocycles. The van der Waals surface area contributed by atoms with Crippen molar-refractivity contribution >= 4 is 0 Å². The largest absolute Gasteiger partial charge is 0.376 e. The summed E-state index contributed by atoms with van der Waals surface area (Å²) < 4.78 is 11.6. The molecule has 0 saturated carbocycles. The summed E-state index contributed by atoms with van der Waals surface area (Å²) in [6.07, 6.45) is 4.55. The van der Waals surface area contributed by atoms with Gasteiger partial charge in [-0.05, 0) is 32.9 Å². The predicted octanol–water partition coefficient (Wildman–Crippen LogP) is 1.21. The number of hydrogen-bond acceptors (Lipinski definition) is 4. The van der Waals surface area contributed by atoms with Crippen molar-refractivity contribution in [2.24, 2.45) is 0 Å². The third kappa shape index (κ3) is 4.50. The van der Waals surface area contributed by atoms with E-state index in [1.165, 1.54) is 38.9 Å². The molecule has 0 bridgehead atoms. The van der Waals surface area contributed by atoms with Crippen LogP contribution < -0.4 is 0 Å². The van der Waals surface area contributed by atoms with Crippen LogP contribution in [-0.2, 0) is 9.47 Å². The second kappa shape index (κ2) is 7.43. The Morgan fingerprint density at radius 3 is 2.17 bits per heavy atom. The van der Waals surface area contributed by atoms with Crippen LogP contribution in [0.5, 0.6) is 0 Å². The van der Waals surface area contributed by atoms with E-state index in [9.17, 15) is 0 Å². The molecule has 2 aliphatic heterocycles. The zero-order valence-corrected chi connectivity index (χ0v) is 11.9. The quantitative estimate of drug-likeness (QED) is 0.639. The van der Waals surface area contributed by atoms with Crippen molar-refractivity contribution in [3.8, 4) is 0 Å². The first kappa shape index (κ1) is 14.3. The van der Waals surface area contributed by atoms with Crippen LogP contribution in [0.1, 0.15) is 26.2 Å². The van der Waals surface area contributed by atoms with E-state index in [1.807, 2.05) is 0 Å². The van der Waals surface area contributed by atoms with Crippen molar-refractivity contribution in [3.63, 3.8) is 0 Å². The van der Waals surface area contributed by atoms with Gasteiger partial charge in [0.2, 0.25) is 0 Å². The molecular weight excluding hydrogens is 228 g/mol. The number of rotatable bonds is 7. The van der Waals surface area contributed by atoms with E-state index in [2.05, 4.69) is 23.8 Å². The van der Waals surface area contributed by atoms with Crippen LogP contribution in [0, 0.1) is 0 Å². The van der Waals surface area contributed by atoms with Gasteiger partial charge in [-0.3, -0.25) is 0 Å². The van der Waals surface area contributed by atoms with Crippen LogP contribution in [0.3, 0.4) is 0 Å². The molecule has 4 heteroatoms. The number of nitrogens with zero attached hydrogens (tertiary/aromatic N) is 2. The van der Waals surface area contributed by atoms with Crippen LogP contribution in [0.2, 0.25) is 0 Å². The lowest BCUT2D eigenvalue weighted by Crippen LogP contribution is -2.50. The van der Waals surface area contributed by atoms with Gasteiger partial charge in [0.1, 0.15) is 0 Å². The molecule has 0 aliphatic carbocycles. The summed E-state index contributed by atoms with van der Waals surface area (Å²) in [5.74, 6) is 0. The van der Waals surface area contributed by atoms with E-state index in [-0.39, 0.29) is 0 Å². The lowest BCUT2D eigenvalue weighted by atomic mass is 10.1. The van der Waals surface area contributed by atoms with Crippen molar-refractivity contribution in [2.45, 2.75) is 38.4 Å². The summed E-state index contributed by atoms with van der Waals surface area (Å²) in [5.41, 5.74) is 0. The highest BCUT2D eigenvalue weighted by molar-refractivity contribution is 4.77. The molecule has 2 saturated heterocycles. The Bertz CT molecular complexity index is 224. The zero-order chi connectivity index (χ0) is 12.8. The van der Waals surface area contributed by atoms with Gasteiger partial charge in [-0.15, -0.1) is 0 Å². The van der Waals surface area contributed by atoms with E-state index < -0.39 is 0 Å². The van der Waals surface area contributed by atoms with Crippen LogP contribution >= 0.6 is 0 Å². The first-order valence-corrected chi connectivity index (χ1v) is 7.42. The number of hydrogen-bond donors (Lipinski definition) is 0. The second-order valence-corrected chi connectivity index (χ2v) is 5.63. The van der Waals surface area contributed by atoms with Gasteiger partial charge in [-0.25, -0.2) is 0 Å². The average Bonchev–Trinajstić information content (AvgIpc) is 2.34. The van der Waals surface area contributed by atoms with Crippen molar-refractivity contribution in [1.29, 1.82) is 0 Å². The minimum absolute atomic E-state index is 0.449. The van der Waals surface area contributed by atoms with Gasteiger partial charge in [-0.1, -0.05) is 6.92 Å².